The predicted octanol–water partition coefficient (Wildman–Crippen LogP) is 3.07. The fraction of sp³-hybridized carbons (Fsp3) is 0.263. The van der Waals surface area contributed by atoms with Gasteiger partial charge in [0.2, 0.25) is 5.91 Å². The van der Waals surface area contributed by atoms with Gasteiger partial charge in [-0.2, -0.15) is 0 Å². The number of amides is 2. The lowest BCUT2D eigenvalue weighted by molar-refractivity contribution is -0.128. The quantitative estimate of drug-likeness (QED) is 0.919. The van der Waals surface area contributed by atoms with Crippen LogP contribution in [0.25, 0.3) is 0 Å². The zero-order valence-corrected chi connectivity index (χ0v) is 13.6. The summed E-state index contributed by atoms with van der Waals surface area (Å²) in [6, 6.07) is 14.7. The van der Waals surface area contributed by atoms with Gasteiger partial charge in [-0.05, 0) is 36.2 Å². The number of methoxy groups -OCH3 is 1. The van der Waals surface area contributed by atoms with Gasteiger partial charge in [0.05, 0.1) is 12.8 Å². The van der Waals surface area contributed by atoms with Gasteiger partial charge in [0, 0.05) is 25.1 Å². The number of hydrogen-bond acceptors (Lipinski definition) is 3. The molecule has 5 heteroatoms. The summed E-state index contributed by atoms with van der Waals surface area (Å²) in [6.45, 7) is 1.34. The molecule has 2 aromatic rings. The Bertz CT molecular complexity index is 758. The number of ether oxygens (including phenoxy) is 1. The molecule has 0 unspecified atom stereocenters. The Kier molecular flexibility index (Phi) is 4.79. The number of para-hydroxylation sites is 2. The van der Waals surface area contributed by atoms with E-state index in [1.807, 2.05) is 35.2 Å². The normalized spacial score (nSPS) is 13.9. The number of hydrogen-bond donors (Lipinski definition) is 1. The van der Waals surface area contributed by atoms with Crippen LogP contribution < -0.4 is 10.1 Å². The van der Waals surface area contributed by atoms with Gasteiger partial charge in [-0.1, -0.05) is 24.3 Å². The van der Waals surface area contributed by atoms with Crippen LogP contribution in [-0.4, -0.2) is 30.4 Å². The number of nitrogens with zero attached hydrogens (tertiary/aromatic N) is 1. The molecule has 1 heterocycles. The average Bonchev–Trinajstić information content (AvgIpc) is 3.00. The van der Waals surface area contributed by atoms with Crippen molar-refractivity contribution in [2.24, 2.45) is 0 Å². The van der Waals surface area contributed by atoms with Crippen molar-refractivity contribution in [2.45, 2.75) is 19.4 Å². The number of carbonyl (C=O) groups is 2. The Morgan fingerprint density at radius 1 is 1.21 bits per heavy atom. The molecule has 1 fully saturated rings. The maximum absolute atomic E-state index is 12.5. The largest absolute Gasteiger partial charge is 0.495 e. The standard InChI is InChI=1S/C19H20N2O3/c1-24-17-9-3-2-8-16(17)20-19(23)15-7-4-6-14(12-15)13-21-11-5-10-18(21)22/h2-4,6-9,12H,5,10-11,13H2,1H3,(H,20,23). The number of likely N-dealkylation sites (tertiary alicyclic amines) is 1. The number of nitrogens with one attached hydrogen (secondary N) is 1. The van der Waals surface area contributed by atoms with Crippen LogP contribution in [0.3, 0.4) is 0 Å². The summed E-state index contributed by atoms with van der Waals surface area (Å²) in [4.78, 5) is 26.1. The smallest absolute Gasteiger partial charge is 0.255 e. The van der Waals surface area contributed by atoms with E-state index in [4.69, 9.17) is 4.74 Å². The van der Waals surface area contributed by atoms with E-state index < -0.39 is 0 Å². The molecule has 1 aliphatic rings. The Balaban J connectivity index is 1.73. The van der Waals surface area contributed by atoms with E-state index >= 15 is 0 Å². The minimum absolute atomic E-state index is 0.180. The van der Waals surface area contributed by atoms with Crippen LogP contribution in [0.15, 0.2) is 48.5 Å². The summed E-state index contributed by atoms with van der Waals surface area (Å²) in [5.41, 5.74) is 2.15. The van der Waals surface area contributed by atoms with Crippen molar-refractivity contribution in [3.63, 3.8) is 0 Å². The molecule has 1 N–H and O–H groups in total. The number of benzene rings is 2. The molecule has 5 nitrogen and oxygen atoms in total. The van der Waals surface area contributed by atoms with E-state index in [-0.39, 0.29) is 11.8 Å². The molecule has 24 heavy (non-hydrogen) atoms. The summed E-state index contributed by atoms with van der Waals surface area (Å²) in [5, 5.41) is 2.86. The third kappa shape index (κ3) is 3.56. The average molecular weight is 324 g/mol. The second kappa shape index (κ2) is 7.17. The van der Waals surface area contributed by atoms with E-state index in [1.54, 1.807) is 25.3 Å². The van der Waals surface area contributed by atoms with Gasteiger partial charge in [0.15, 0.2) is 0 Å². The van der Waals surface area contributed by atoms with Crippen LogP contribution in [0.2, 0.25) is 0 Å². The van der Waals surface area contributed by atoms with E-state index in [2.05, 4.69) is 5.32 Å². The van der Waals surface area contributed by atoms with Gasteiger partial charge in [0.25, 0.3) is 5.91 Å². The number of anilines is 1. The van der Waals surface area contributed by atoms with Crippen LogP contribution in [-0.2, 0) is 11.3 Å². The Hall–Kier alpha value is -2.82. The number of rotatable bonds is 5. The molecule has 0 aromatic heterocycles. The van der Waals surface area contributed by atoms with Crippen molar-refractivity contribution in [1.82, 2.24) is 4.90 Å². The molecule has 2 aromatic carbocycles. The fourth-order valence-electron chi connectivity index (χ4n) is 2.84. The number of carbonyl (C=O) groups excluding carboxylic acids is 2. The van der Waals surface area contributed by atoms with Crippen molar-refractivity contribution in [3.05, 3.63) is 59.7 Å². The molecule has 124 valence electrons. The van der Waals surface area contributed by atoms with Gasteiger partial charge in [0.1, 0.15) is 5.75 Å². The molecule has 3 rings (SSSR count). The van der Waals surface area contributed by atoms with E-state index in [0.717, 1.165) is 18.5 Å². The Labute approximate surface area is 141 Å². The second-order valence-corrected chi connectivity index (χ2v) is 5.77. The minimum Gasteiger partial charge on any atom is -0.495 e. The van der Waals surface area contributed by atoms with Gasteiger partial charge >= 0.3 is 0 Å². The lowest BCUT2D eigenvalue weighted by atomic mass is 10.1. The van der Waals surface area contributed by atoms with Crippen molar-refractivity contribution in [3.8, 4) is 5.75 Å². The van der Waals surface area contributed by atoms with Crippen molar-refractivity contribution >= 4 is 17.5 Å². The summed E-state index contributed by atoms with van der Waals surface area (Å²) >= 11 is 0. The lowest BCUT2D eigenvalue weighted by Crippen LogP contribution is -2.24. The van der Waals surface area contributed by atoms with Crippen LogP contribution in [0.4, 0.5) is 5.69 Å². The zero-order valence-electron chi connectivity index (χ0n) is 13.6. The summed E-state index contributed by atoms with van der Waals surface area (Å²) in [6.07, 6.45) is 1.53. The van der Waals surface area contributed by atoms with Crippen LogP contribution in [0, 0.1) is 0 Å². The predicted molar refractivity (Wildman–Crippen MR) is 92.0 cm³/mol. The summed E-state index contributed by atoms with van der Waals surface area (Å²) < 4.78 is 5.25. The van der Waals surface area contributed by atoms with Crippen LogP contribution in [0.5, 0.6) is 5.75 Å². The van der Waals surface area contributed by atoms with Crippen molar-refractivity contribution < 1.29 is 14.3 Å². The highest BCUT2D eigenvalue weighted by molar-refractivity contribution is 6.05. The third-order valence-electron chi connectivity index (χ3n) is 4.09. The van der Waals surface area contributed by atoms with Crippen molar-refractivity contribution in [1.29, 1.82) is 0 Å². The van der Waals surface area contributed by atoms with E-state index in [1.165, 1.54) is 0 Å². The molecule has 1 saturated heterocycles. The van der Waals surface area contributed by atoms with Crippen LogP contribution >= 0.6 is 0 Å². The van der Waals surface area contributed by atoms with Crippen LogP contribution in [0.1, 0.15) is 28.8 Å². The molecule has 1 aliphatic heterocycles. The van der Waals surface area contributed by atoms with Crippen molar-refractivity contribution in [2.75, 3.05) is 19.0 Å². The SMILES string of the molecule is COc1ccccc1NC(=O)c1cccc(CN2CCCC2=O)c1. The molecule has 0 aliphatic carbocycles. The second-order valence-electron chi connectivity index (χ2n) is 5.77. The molecule has 0 saturated carbocycles. The van der Waals surface area contributed by atoms with Gasteiger partial charge in [-0.25, -0.2) is 0 Å². The first-order valence-corrected chi connectivity index (χ1v) is 7.98. The Morgan fingerprint density at radius 2 is 2.04 bits per heavy atom. The molecule has 0 radical (unpaired) electrons. The zero-order chi connectivity index (χ0) is 16.9. The maximum Gasteiger partial charge on any atom is 0.255 e. The lowest BCUT2D eigenvalue weighted by Gasteiger charge is -2.16. The molecular formula is C19H20N2O3. The van der Waals surface area contributed by atoms with Gasteiger partial charge in [-0.15, -0.1) is 0 Å². The highest BCUT2D eigenvalue weighted by atomic mass is 16.5. The maximum atomic E-state index is 12.5. The topological polar surface area (TPSA) is 58.6 Å². The van der Waals surface area contributed by atoms with E-state index in [0.29, 0.717) is 30.0 Å². The van der Waals surface area contributed by atoms with Gasteiger partial charge in [-0.3, -0.25) is 9.59 Å². The fourth-order valence-corrected chi connectivity index (χ4v) is 2.84. The van der Waals surface area contributed by atoms with E-state index in [9.17, 15) is 9.59 Å². The first-order chi connectivity index (χ1) is 11.7. The minimum atomic E-state index is -0.200. The highest BCUT2D eigenvalue weighted by Crippen LogP contribution is 2.24. The molecule has 2 amide bonds. The Morgan fingerprint density at radius 3 is 2.79 bits per heavy atom. The summed E-state index contributed by atoms with van der Waals surface area (Å²) in [5.74, 6) is 0.595. The molecule has 0 bridgehead atoms. The molecular weight excluding hydrogens is 304 g/mol. The first kappa shape index (κ1) is 16.1. The van der Waals surface area contributed by atoms with Gasteiger partial charge < -0.3 is 15.0 Å². The molecule has 0 spiro atoms. The highest BCUT2D eigenvalue weighted by Gasteiger charge is 2.20. The third-order valence-corrected chi connectivity index (χ3v) is 4.09. The molecule has 0 atom stereocenters. The first-order valence-electron chi connectivity index (χ1n) is 7.98. The monoisotopic (exact) mass is 324 g/mol. The summed E-state index contributed by atoms with van der Waals surface area (Å²) in [7, 11) is 1.57.